The van der Waals surface area contributed by atoms with E-state index in [2.05, 4.69) is 22.1 Å². The largest absolute Gasteiger partial charge is 0.337 e. The van der Waals surface area contributed by atoms with Crippen LogP contribution in [0, 0.1) is 18.7 Å². The van der Waals surface area contributed by atoms with Gasteiger partial charge in [0.15, 0.2) is 0 Å². The Kier molecular flexibility index (Phi) is 4.39. The number of nitrogens with zero attached hydrogens (tertiary/aromatic N) is 3. The number of rotatable bonds is 4. The molecule has 0 saturated carbocycles. The van der Waals surface area contributed by atoms with Crippen LogP contribution in [-0.2, 0) is 9.59 Å². The molecule has 2 aromatic rings. The normalized spacial score (nSPS) is 14.2. The Morgan fingerprint density at radius 1 is 1.42 bits per heavy atom. The molecule has 0 aliphatic carbocycles. The Labute approximate surface area is 142 Å². The summed E-state index contributed by atoms with van der Waals surface area (Å²) < 4.78 is 13.4. The van der Waals surface area contributed by atoms with Crippen molar-refractivity contribution in [2.45, 2.75) is 6.92 Å². The molecule has 1 aromatic heterocycles. The number of carbonyl (C=O) groups excluding carboxylic acids is 2. The molecule has 1 N–H and O–H groups in total. The van der Waals surface area contributed by atoms with E-state index in [-0.39, 0.29) is 23.5 Å². The molecule has 3 rings (SSSR count). The van der Waals surface area contributed by atoms with Crippen molar-refractivity contribution in [1.29, 1.82) is 0 Å². The van der Waals surface area contributed by atoms with Gasteiger partial charge in [0.1, 0.15) is 10.8 Å². The van der Waals surface area contributed by atoms with Crippen molar-refractivity contribution >= 4 is 28.3 Å². The molecular formula is C16H15FN4O2S. The molecule has 6 nitrogen and oxygen atoms in total. The molecule has 1 aliphatic rings. The molecule has 0 atom stereocenters. The maximum absolute atomic E-state index is 13.4. The fourth-order valence-electron chi connectivity index (χ4n) is 2.37. The van der Waals surface area contributed by atoms with Gasteiger partial charge in [-0.1, -0.05) is 24.0 Å². The molecule has 0 radical (unpaired) electrons. The third-order valence-electron chi connectivity index (χ3n) is 3.82. The number of halogens is 1. The van der Waals surface area contributed by atoms with E-state index in [1.807, 2.05) is 6.92 Å². The molecule has 1 aliphatic heterocycles. The van der Waals surface area contributed by atoms with Gasteiger partial charge < -0.3 is 10.2 Å². The molecule has 24 heavy (non-hydrogen) atoms. The Morgan fingerprint density at radius 2 is 2.17 bits per heavy atom. The van der Waals surface area contributed by atoms with Gasteiger partial charge >= 0.3 is 0 Å². The minimum atomic E-state index is -0.349. The highest BCUT2D eigenvalue weighted by molar-refractivity contribution is 7.18. The Hall–Kier alpha value is -2.61. The van der Waals surface area contributed by atoms with Crippen molar-refractivity contribution in [3.63, 3.8) is 0 Å². The summed E-state index contributed by atoms with van der Waals surface area (Å²) >= 11 is 1.18. The first-order chi connectivity index (χ1) is 11.5. The lowest BCUT2D eigenvalue weighted by Gasteiger charge is -2.37. The number of benzene rings is 1. The second-order valence-corrected chi connectivity index (χ2v) is 6.48. The Bertz CT molecular complexity index is 814. The molecule has 2 heterocycles. The summed E-state index contributed by atoms with van der Waals surface area (Å²) in [4.78, 5) is 25.0. The third kappa shape index (κ3) is 3.18. The fraction of sp³-hybridized carbons (Fsp3) is 0.250. The third-order valence-corrected chi connectivity index (χ3v) is 4.70. The Balaban J connectivity index is 1.65. The summed E-state index contributed by atoms with van der Waals surface area (Å²) in [7, 11) is 0. The minimum Gasteiger partial charge on any atom is -0.337 e. The quantitative estimate of drug-likeness (QED) is 0.862. The van der Waals surface area contributed by atoms with Crippen LogP contribution in [0.25, 0.3) is 10.6 Å². The van der Waals surface area contributed by atoms with Gasteiger partial charge in [0.2, 0.25) is 16.9 Å². The van der Waals surface area contributed by atoms with Crippen LogP contribution < -0.4 is 5.32 Å². The molecule has 8 heteroatoms. The number of amides is 2. The molecular weight excluding hydrogens is 331 g/mol. The van der Waals surface area contributed by atoms with Crippen molar-refractivity contribution in [2.24, 2.45) is 5.92 Å². The van der Waals surface area contributed by atoms with Crippen molar-refractivity contribution < 1.29 is 14.0 Å². The van der Waals surface area contributed by atoms with Gasteiger partial charge in [-0.25, -0.2) is 4.39 Å². The minimum absolute atomic E-state index is 0.182. The summed E-state index contributed by atoms with van der Waals surface area (Å²) in [6.07, 6.45) is 1.23. The molecule has 1 aromatic carbocycles. The van der Waals surface area contributed by atoms with Gasteiger partial charge in [0.25, 0.3) is 0 Å². The summed E-state index contributed by atoms with van der Waals surface area (Å²) in [5.41, 5.74) is 1.53. The number of likely N-dealkylation sites (tertiary alicyclic amines) is 1. The van der Waals surface area contributed by atoms with E-state index in [0.29, 0.717) is 28.8 Å². The highest BCUT2D eigenvalue weighted by atomic mass is 32.1. The standard InChI is InChI=1S/C16H15FN4O2S/c1-3-13(22)21-7-10(8-21)14(23)18-16-20-19-15(24-16)12-6-11(17)5-4-9(12)2/h3-6,10H,1,7-8H2,2H3,(H,18,20,23). The van der Waals surface area contributed by atoms with Crippen LogP contribution in [0.15, 0.2) is 30.9 Å². The van der Waals surface area contributed by atoms with Crippen LogP contribution in [-0.4, -0.2) is 40.0 Å². The number of hydrogen-bond donors (Lipinski definition) is 1. The fourth-order valence-corrected chi connectivity index (χ4v) is 3.20. The predicted molar refractivity (Wildman–Crippen MR) is 88.9 cm³/mol. The maximum Gasteiger partial charge on any atom is 0.246 e. The number of nitrogens with one attached hydrogen (secondary N) is 1. The lowest BCUT2D eigenvalue weighted by atomic mass is 9.99. The van der Waals surface area contributed by atoms with Crippen molar-refractivity contribution in [3.05, 3.63) is 42.2 Å². The molecule has 0 unspecified atom stereocenters. The van der Waals surface area contributed by atoms with E-state index in [0.717, 1.165) is 5.56 Å². The zero-order valence-electron chi connectivity index (χ0n) is 13.0. The van der Waals surface area contributed by atoms with Crippen LogP contribution in [0.2, 0.25) is 0 Å². The van der Waals surface area contributed by atoms with E-state index >= 15 is 0 Å². The maximum atomic E-state index is 13.4. The summed E-state index contributed by atoms with van der Waals surface area (Å²) in [5, 5.41) is 11.5. The van der Waals surface area contributed by atoms with Crippen LogP contribution in [0.4, 0.5) is 9.52 Å². The van der Waals surface area contributed by atoms with Crippen LogP contribution in [0.5, 0.6) is 0 Å². The highest BCUT2D eigenvalue weighted by Crippen LogP contribution is 2.30. The van der Waals surface area contributed by atoms with E-state index in [1.54, 1.807) is 11.0 Å². The van der Waals surface area contributed by atoms with Crippen LogP contribution in [0.3, 0.4) is 0 Å². The monoisotopic (exact) mass is 346 g/mol. The van der Waals surface area contributed by atoms with Gasteiger partial charge in [-0.15, -0.1) is 10.2 Å². The topological polar surface area (TPSA) is 75.2 Å². The molecule has 0 spiro atoms. The molecule has 0 bridgehead atoms. The highest BCUT2D eigenvalue weighted by Gasteiger charge is 2.35. The molecule has 1 saturated heterocycles. The smallest absolute Gasteiger partial charge is 0.246 e. The number of anilines is 1. The van der Waals surface area contributed by atoms with Gasteiger partial charge in [-0.3, -0.25) is 9.59 Å². The van der Waals surface area contributed by atoms with Gasteiger partial charge in [0.05, 0.1) is 5.92 Å². The second-order valence-electron chi connectivity index (χ2n) is 5.51. The van der Waals surface area contributed by atoms with E-state index in [1.165, 1.54) is 29.5 Å². The van der Waals surface area contributed by atoms with Crippen molar-refractivity contribution in [3.8, 4) is 10.6 Å². The van der Waals surface area contributed by atoms with Gasteiger partial charge in [0, 0.05) is 18.7 Å². The first kappa shape index (κ1) is 16.3. The van der Waals surface area contributed by atoms with Crippen molar-refractivity contribution in [1.82, 2.24) is 15.1 Å². The summed E-state index contributed by atoms with van der Waals surface area (Å²) in [6.45, 7) is 6.00. The number of aryl methyl sites for hydroxylation is 1. The lowest BCUT2D eigenvalue weighted by molar-refractivity contribution is -0.137. The molecule has 2 amide bonds. The zero-order valence-corrected chi connectivity index (χ0v) is 13.8. The Morgan fingerprint density at radius 3 is 2.88 bits per heavy atom. The second kappa shape index (κ2) is 6.48. The van der Waals surface area contributed by atoms with Gasteiger partial charge in [-0.05, 0) is 30.7 Å². The molecule has 1 fully saturated rings. The van der Waals surface area contributed by atoms with E-state index in [9.17, 15) is 14.0 Å². The predicted octanol–water partition coefficient (Wildman–Crippen LogP) is 2.24. The number of hydrogen-bond acceptors (Lipinski definition) is 5. The first-order valence-corrected chi connectivity index (χ1v) is 8.12. The van der Waals surface area contributed by atoms with E-state index < -0.39 is 0 Å². The van der Waals surface area contributed by atoms with Crippen LogP contribution in [0.1, 0.15) is 5.56 Å². The van der Waals surface area contributed by atoms with E-state index in [4.69, 9.17) is 0 Å². The summed E-state index contributed by atoms with van der Waals surface area (Å²) in [6, 6.07) is 4.45. The zero-order chi connectivity index (χ0) is 17.3. The summed E-state index contributed by atoms with van der Waals surface area (Å²) in [5.74, 6) is -1.00. The average molecular weight is 346 g/mol. The lowest BCUT2D eigenvalue weighted by Crippen LogP contribution is -2.53. The average Bonchev–Trinajstić information content (AvgIpc) is 2.96. The first-order valence-electron chi connectivity index (χ1n) is 7.30. The number of carbonyl (C=O) groups is 2. The van der Waals surface area contributed by atoms with Gasteiger partial charge in [-0.2, -0.15) is 0 Å². The number of aromatic nitrogens is 2. The van der Waals surface area contributed by atoms with Crippen molar-refractivity contribution in [2.75, 3.05) is 18.4 Å². The SMILES string of the molecule is C=CC(=O)N1CC(C(=O)Nc2nnc(-c3cc(F)ccc3C)s2)C1. The van der Waals surface area contributed by atoms with Crippen LogP contribution >= 0.6 is 11.3 Å². The molecule has 124 valence electrons.